The zero-order valence-corrected chi connectivity index (χ0v) is 20.5. The molecule has 0 bridgehead atoms. The van der Waals surface area contributed by atoms with Crippen molar-refractivity contribution >= 4 is 12.6 Å². The van der Waals surface area contributed by atoms with E-state index < -0.39 is 37.2 Å². The fourth-order valence-electron chi connectivity index (χ4n) is 4.15. The largest absolute Gasteiger partial charge is 0.486 e. The molecule has 0 unspecified atom stereocenters. The third-order valence-electron chi connectivity index (χ3n) is 5.68. The monoisotopic (exact) mass is 511 g/mol. The van der Waals surface area contributed by atoms with Gasteiger partial charge < -0.3 is 4.74 Å². The van der Waals surface area contributed by atoms with Gasteiger partial charge in [0.1, 0.15) is 18.9 Å². The lowest BCUT2D eigenvalue weighted by atomic mass is 9.96. The summed E-state index contributed by atoms with van der Waals surface area (Å²) in [5, 5.41) is 4.00. The lowest BCUT2D eigenvalue weighted by Gasteiger charge is -2.33. The first-order valence-electron chi connectivity index (χ1n) is 10.9. The summed E-state index contributed by atoms with van der Waals surface area (Å²) in [5.41, 5.74) is 1.91. The second-order valence-corrected chi connectivity index (χ2v) is 8.88. The number of nitrogens with zero attached hydrogens (tertiary/aromatic N) is 5. The Balaban J connectivity index is 2.03. The van der Waals surface area contributed by atoms with Gasteiger partial charge in [0.15, 0.2) is 0 Å². The van der Waals surface area contributed by atoms with Gasteiger partial charge in [0, 0.05) is 30.4 Å². The summed E-state index contributed by atoms with van der Waals surface area (Å²) in [5.74, 6) is -0.232. The van der Waals surface area contributed by atoms with Gasteiger partial charge in [0.25, 0.3) is 12.3 Å². The molecule has 1 aliphatic heterocycles. The van der Waals surface area contributed by atoms with E-state index in [1.165, 1.54) is 18.0 Å². The fourth-order valence-corrected chi connectivity index (χ4v) is 4.15. The molecule has 3 heterocycles. The highest BCUT2D eigenvalue weighted by Crippen LogP contribution is 2.42. The minimum absolute atomic E-state index is 0.185. The molecule has 194 valence electrons. The van der Waals surface area contributed by atoms with Crippen LogP contribution < -0.4 is 4.74 Å². The number of hydrogen-bond donors (Lipinski definition) is 0. The van der Waals surface area contributed by atoms with Gasteiger partial charge >= 0.3 is 6.18 Å². The Morgan fingerprint density at radius 3 is 2.56 bits per heavy atom. The number of aromatic nitrogens is 2. The Labute approximate surface area is 205 Å². The number of carbonyl (C=O) groups is 1. The van der Waals surface area contributed by atoms with E-state index in [0.29, 0.717) is 38.8 Å². The summed E-state index contributed by atoms with van der Waals surface area (Å²) in [7, 11) is 0. The molecule has 1 aliphatic rings. The van der Waals surface area contributed by atoms with E-state index in [1.54, 1.807) is 39.8 Å². The molecule has 0 saturated carbocycles. The second kappa shape index (κ2) is 9.82. The number of hydrogen-bond acceptors (Lipinski definition) is 6. The molecule has 0 radical (unpaired) electrons. The van der Waals surface area contributed by atoms with Crippen molar-refractivity contribution in [2.45, 2.75) is 52.8 Å². The van der Waals surface area contributed by atoms with Crippen LogP contribution in [-0.4, -0.2) is 58.3 Å². The molecule has 0 spiro atoms. The summed E-state index contributed by atoms with van der Waals surface area (Å²) in [6, 6.07) is 3.22. The number of allylic oxidation sites excluding steroid dienone is 1. The molecule has 36 heavy (non-hydrogen) atoms. The van der Waals surface area contributed by atoms with Crippen LogP contribution in [0.15, 0.2) is 35.3 Å². The van der Waals surface area contributed by atoms with E-state index in [2.05, 4.69) is 21.8 Å². The van der Waals surface area contributed by atoms with Crippen LogP contribution in [0.4, 0.5) is 22.0 Å². The van der Waals surface area contributed by atoms with Gasteiger partial charge in [-0.05, 0) is 52.3 Å². The maximum atomic E-state index is 13.4. The van der Waals surface area contributed by atoms with Crippen molar-refractivity contribution in [3.8, 4) is 17.0 Å². The number of rotatable bonds is 8. The Hall–Kier alpha value is -3.57. The predicted octanol–water partition coefficient (Wildman–Crippen LogP) is 5.44. The zero-order chi connectivity index (χ0) is 27.0. The average molecular weight is 511 g/mol. The predicted molar refractivity (Wildman–Crippen MR) is 124 cm³/mol. The maximum absolute atomic E-state index is 13.4. The fraction of sp³-hybridized carbons (Fsp3) is 0.417. The van der Waals surface area contributed by atoms with Crippen molar-refractivity contribution < 1.29 is 31.5 Å². The second-order valence-electron chi connectivity index (χ2n) is 8.88. The minimum atomic E-state index is -4.52. The third kappa shape index (κ3) is 5.47. The smallest absolute Gasteiger partial charge is 0.408 e. The highest BCUT2D eigenvalue weighted by Gasteiger charge is 2.46. The van der Waals surface area contributed by atoms with Gasteiger partial charge in [0.2, 0.25) is 0 Å². The molecule has 0 aromatic carbocycles. The molecule has 0 saturated heterocycles. The quantitative estimate of drug-likeness (QED) is 0.268. The van der Waals surface area contributed by atoms with Crippen LogP contribution in [0.1, 0.15) is 48.1 Å². The highest BCUT2D eigenvalue weighted by atomic mass is 19.4. The molecule has 0 atom stereocenters. The maximum Gasteiger partial charge on any atom is 0.408 e. The van der Waals surface area contributed by atoms with E-state index >= 15 is 0 Å². The topological polar surface area (TPSA) is 70.9 Å². The van der Waals surface area contributed by atoms with Crippen LogP contribution in [0.3, 0.4) is 0 Å². The Morgan fingerprint density at radius 2 is 1.97 bits per heavy atom. The van der Waals surface area contributed by atoms with E-state index in [4.69, 9.17) is 4.74 Å². The van der Waals surface area contributed by atoms with Crippen molar-refractivity contribution in [1.82, 2.24) is 19.9 Å². The average Bonchev–Trinajstić information content (AvgIpc) is 2.96. The van der Waals surface area contributed by atoms with Crippen LogP contribution in [0.2, 0.25) is 0 Å². The first-order chi connectivity index (χ1) is 16.7. The van der Waals surface area contributed by atoms with Crippen LogP contribution in [0.25, 0.3) is 11.3 Å². The summed E-state index contributed by atoms with van der Waals surface area (Å²) < 4.78 is 69.0. The van der Waals surface area contributed by atoms with Gasteiger partial charge in [-0.25, -0.2) is 13.8 Å². The molecular weight excluding hydrogens is 485 g/mol. The van der Waals surface area contributed by atoms with Crippen LogP contribution in [0, 0.1) is 13.8 Å². The van der Waals surface area contributed by atoms with E-state index in [9.17, 15) is 26.7 Å². The first kappa shape index (κ1) is 27.0. The molecule has 7 nitrogen and oxygen atoms in total. The molecule has 2 aromatic heterocycles. The Bertz CT molecular complexity index is 1210. The van der Waals surface area contributed by atoms with Crippen molar-refractivity contribution in [1.29, 1.82) is 0 Å². The number of aryl methyl sites for hydroxylation is 2. The Morgan fingerprint density at radius 1 is 1.31 bits per heavy atom. The molecule has 1 amide bonds. The number of fused-ring (bicyclic) bond motifs is 1. The number of ether oxygens (including phenoxy) is 1. The number of carbonyl (C=O) groups excluding carboxylic acids is 1. The molecule has 0 fully saturated rings. The van der Waals surface area contributed by atoms with Gasteiger partial charge in [-0.15, -0.1) is 0 Å². The van der Waals surface area contributed by atoms with E-state index in [1.807, 2.05) is 0 Å². The van der Waals surface area contributed by atoms with Gasteiger partial charge in [0.05, 0.1) is 28.2 Å². The summed E-state index contributed by atoms with van der Waals surface area (Å²) in [6.45, 7) is 9.34. The van der Waals surface area contributed by atoms with Crippen LogP contribution >= 0.6 is 0 Å². The van der Waals surface area contributed by atoms with E-state index in [0.717, 1.165) is 6.20 Å². The van der Waals surface area contributed by atoms with E-state index in [-0.39, 0.29) is 11.4 Å². The van der Waals surface area contributed by atoms with Gasteiger partial charge in [-0.2, -0.15) is 18.3 Å². The summed E-state index contributed by atoms with van der Waals surface area (Å²) >= 11 is 0. The van der Waals surface area contributed by atoms with Crippen molar-refractivity contribution in [3.63, 3.8) is 0 Å². The zero-order valence-electron chi connectivity index (χ0n) is 20.5. The van der Waals surface area contributed by atoms with Crippen LogP contribution in [-0.2, 0) is 5.54 Å². The molecule has 2 aromatic rings. The van der Waals surface area contributed by atoms with Crippen molar-refractivity contribution in [3.05, 3.63) is 52.7 Å². The lowest BCUT2D eigenvalue weighted by Crippen LogP contribution is -2.39. The van der Waals surface area contributed by atoms with Crippen molar-refractivity contribution in [2.24, 2.45) is 5.10 Å². The van der Waals surface area contributed by atoms with Gasteiger partial charge in [-0.3, -0.25) is 19.7 Å². The molecule has 12 heteroatoms. The standard InChI is InChI=1S/C24H26F5N5O2/c1-13-7-17(16-8-18(15(3)31-9-16)36-11-19(25)26)32-21-20(13)22(35)34(23(21,4)5)14(2)10-33(30-6)12-24(27,28)29/h7-10,19H,6,11-12H2,1-5H3/b14-10+. The number of amides is 1. The number of alkyl halides is 5. The highest BCUT2D eigenvalue weighted by molar-refractivity contribution is 6.02. The molecule has 0 N–H and O–H groups in total. The summed E-state index contributed by atoms with van der Waals surface area (Å²) in [6.07, 6.45) is -4.53. The lowest BCUT2D eigenvalue weighted by molar-refractivity contribution is -0.140. The minimum Gasteiger partial charge on any atom is -0.486 e. The summed E-state index contributed by atoms with van der Waals surface area (Å²) in [4.78, 5) is 23.6. The first-order valence-corrected chi connectivity index (χ1v) is 10.9. The van der Waals surface area contributed by atoms with Crippen LogP contribution in [0.5, 0.6) is 5.75 Å². The number of hydrazone groups is 1. The molecular formula is C24H26F5N5O2. The van der Waals surface area contributed by atoms with Gasteiger partial charge in [-0.1, -0.05) is 0 Å². The molecule has 3 rings (SSSR count). The number of halogens is 5. The SMILES string of the molecule is C=NN(/C=C(\C)N1C(=O)c2c(C)cc(-c3cnc(C)c(OCC(F)F)c3)nc2C1(C)C)CC(F)(F)F. The normalized spacial score (nSPS) is 15.4. The van der Waals surface area contributed by atoms with Crippen molar-refractivity contribution in [2.75, 3.05) is 13.2 Å². The Kier molecular flexibility index (Phi) is 7.37. The molecule has 0 aliphatic carbocycles. The third-order valence-corrected chi connectivity index (χ3v) is 5.68. The number of pyridine rings is 2.